The van der Waals surface area contributed by atoms with Crippen molar-refractivity contribution >= 4 is 0 Å². The molecule has 0 aromatic heterocycles. The summed E-state index contributed by atoms with van der Waals surface area (Å²) in [5.74, 6) is 0.962. The van der Waals surface area contributed by atoms with Crippen molar-refractivity contribution in [2.24, 2.45) is 0 Å². The standard InChI is InChI=1S/C11H14O2/c12-8-9-4-3-6-11-10(9)5-1-2-7-13-11/h3-4,6,12H,1-2,5,7-8H2. The number of hydrogen-bond acceptors (Lipinski definition) is 2. The average molecular weight is 178 g/mol. The van der Waals surface area contributed by atoms with E-state index in [1.54, 1.807) is 0 Å². The summed E-state index contributed by atoms with van der Waals surface area (Å²) in [5.41, 5.74) is 2.21. The Bertz CT molecular complexity index is 294. The normalized spacial score (nSPS) is 15.8. The van der Waals surface area contributed by atoms with E-state index in [2.05, 4.69) is 0 Å². The molecule has 1 aromatic rings. The van der Waals surface area contributed by atoms with E-state index in [1.165, 1.54) is 5.56 Å². The first-order valence-electron chi connectivity index (χ1n) is 4.76. The summed E-state index contributed by atoms with van der Waals surface area (Å²) in [4.78, 5) is 0. The smallest absolute Gasteiger partial charge is 0.122 e. The number of benzene rings is 1. The van der Waals surface area contributed by atoms with Crippen molar-refractivity contribution < 1.29 is 9.84 Å². The molecule has 70 valence electrons. The quantitative estimate of drug-likeness (QED) is 0.711. The van der Waals surface area contributed by atoms with E-state index in [-0.39, 0.29) is 6.61 Å². The summed E-state index contributed by atoms with van der Waals surface area (Å²) in [6, 6.07) is 5.89. The summed E-state index contributed by atoms with van der Waals surface area (Å²) >= 11 is 0. The highest BCUT2D eigenvalue weighted by Crippen LogP contribution is 2.27. The van der Waals surface area contributed by atoms with E-state index >= 15 is 0 Å². The zero-order chi connectivity index (χ0) is 9.10. The van der Waals surface area contributed by atoms with Crippen LogP contribution in [0, 0.1) is 0 Å². The van der Waals surface area contributed by atoms with Crippen LogP contribution in [0.2, 0.25) is 0 Å². The van der Waals surface area contributed by atoms with Gasteiger partial charge in [0.2, 0.25) is 0 Å². The van der Waals surface area contributed by atoms with Crippen molar-refractivity contribution in [1.29, 1.82) is 0 Å². The molecule has 0 atom stereocenters. The van der Waals surface area contributed by atoms with Crippen LogP contribution in [-0.2, 0) is 13.0 Å². The van der Waals surface area contributed by atoms with Crippen LogP contribution in [0.3, 0.4) is 0 Å². The first-order valence-corrected chi connectivity index (χ1v) is 4.76. The van der Waals surface area contributed by atoms with Gasteiger partial charge >= 0.3 is 0 Å². The van der Waals surface area contributed by atoms with Crippen LogP contribution in [0.15, 0.2) is 18.2 Å². The second-order valence-electron chi connectivity index (χ2n) is 3.36. The zero-order valence-electron chi connectivity index (χ0n) is 7.62. The molecular formula is C11H14O2. The molecule has 0 saturated carbocycles. The van der Waals surface area contributed by atoms with Gasteiger partial charge in [-0.3, -0.25) is 0 Å². The fraction of sp³-hybridized carbons (Fsp3) is 0.455. The highest BCUT2D eigenvalue weighted by atomic mass is 16.5. The third kappa shape index (κ3) is 1.68. The van der Waals surface area contributed by atoms with Gasteiger partial charge in [0.1, 0.15) is 5.75 Å². The third-order valence-electron chi connectivity index (χ3n) is 2.48. The van der Waals surface area contributed by atoms with Gasteiger partial charge in [-0.25, -0.2) is 0 Å². The van der Waals surface area contributed by atoms with E-state index < -0.39 is 0 Å². The lowest BCUT2D eigenvalue weighted by Crippen LogP contribution is -1.97. The first kappa shape index (κ1) is 8.57. The number of fused-ring (bicyclic) bond motifs is 1. The molecule has 0 saturated heterocycles. The number of aliphatic hydroxyl groups is 1. The molecule has 1 aromatic carbocycles. The summed E-state index contributed by atoms with van der Waals surface area (Å²) in [5, 5.41) is 9.13. The molecule has 0 radical (unpaired) electrons. The lowest BCUT2D eigenvalue weighted by Gasteiger charge is -2.09. The predicted molar refractivity (Wildman–Crippen MR) is 50.8 cm³/mol. The molecule has 1 N–H and O–H groups in total. The average Bonchev–Trinajstić information content (AvgIpc) is 2.41. The third-order valence-corrected chi connectivity index (χ3v) is 2.48. The minimum absolute atomic E-state index is 0.118. The van der Waals surface area contributed by atoms with Crippen LogP contribution in [0.4, 0.5) is 0 Å². The summed E-state index contributed by atoms with van der Waals surface area (Å²) < 4.78 is 5.58. The summed E-state index contributed by atoms with van der Waals surface area (Å²) in [6.45, 7) is 0.925. The molecule has 1 aliphatic rings. The van der Waals surface area contributed by atoms with Crippen molar-refractivity contribution in [2.45, 2.75) is 25.9 Å². The van der Waals surface area contributed by atoms with Crippen molar-refractivity contribution in [2.75, 3.05) is 6.61 Å². The molecule has 0 spiro atoms. The molecule has 2 heteroatoms. The van der Waals surface area contributed by atoms with E-state index in [9.17, 15) is 0 Å². The van der Waals surface area contributed by atoms with Gasteiger partial charge in [0.05, 0.1) is 13.2 Å². The molecule has 1 heterocycles. The van der Waals surface area contributed by atoms with Gasteiger partial charge in [0, 0.05) is 0 Å². The molecule has 0 bridgehead atoms. The van der Waals surface area contributed by atoms with Crippen LogP contribution >= 0.6 is 0 Å². The topological polar surface area (TPSA) is 29.5 Å². The highest BCUT2D eigenvalue weighted by Gasteiger charge is 2.11. The van der Waals surface area contributed by atoms with Crippen molar-refractivity contribution in [3.8, 4) is 5.75 Å². The van der Waals surface area contributed by atoms with E-state index in [0.29, 0.717) is 0 Å². The van der Waals surface area contributed by atoms with Crippen LogP contribution in [0.25, 0.3) is 0 Å². The van der Waals surface area contributed by atoms with Crippen LogP contribution in [0.1, 0.15) is 24.0 Å². The van der Waals surface area contributed by atoms with Gasteiger partial charge in [-0.15, -0.1) is 0 Å². The lowest BCUT2D eigenvalue weighted by molar-refractivity contribution is 0.278. The first-order chi connectivity index (χ1) is 6.42. The molecule has 2 nitrogen and oxygen atoms in total. The Labute approximate surface area is 78.2 Å². The Balaban J connectivity index is 2.40. The van der Waals surface area contributed by atoms with E-state index in [4.69, 9.17) is 9.84 Å². The fourth-order valence-electron chi connectivity index (χ4n) is 1.76. The Morgan fingerprint density at radius 2 is 2.23 bits per heavy atom. The summed E-state index contributed by atoms with van der Waals surface area (Å²) in [7, 11) is 0. The fourth-order valence-corrected chi connectivity index (χ4v) is 1.76. The maximum atomic E-state index is 9.13. The maximum Gasteiger partial charge on any atom is 0.122 e. The van der Waals surface area contributed by atoms with Gasteiger partial charge in [0.25, 0.3) is 0 Å². The number of rotatable bonds is 1. The SMILES string of the molecule is OCc1cccc2c1CCCCO2. The molecule has 0 amide bonds. The maximum absolute atomic E-state index is 9.13. The number of aliphatic hydroxyl groups excluding tert-OH is 1. The summed E-state index contributed by atoms with van der Waals surface area (Å²) in [6.07, 6.45) is 3.30. The molecule has 13 heavy (non-hydrogen) atoms. The number of ether oxygens (including phenoxy) is 1. The van der Waals surface area contributed by atoms with Gasteiger partial charge in [-0.1, -0.05) is 12.1 Å². The largest absolute Gasteiger partial charge is 0.493 e. The second kappa shape index (κ2) is 3.79. The van der Waals surface area contributed by atoms with Gasteiger partial charge in [0.15, 0.2) is 0 Å². The van der Waals surface area contributed by atoms with Gasteiger partial charge in [-0.2, -0.15) is 0 Å². The van der Waals surface area contributed by atoms with Crippen molar-refractivity contribution in [1.82, 2.24) is 0 Å². The predicted octanol–water partition coefficient (Wildman–Crippen LogP) is 1.89. The van der Waals surface area contributed by atoms with Crippen LogP contribution in [0.5, 0.6) is 5.75 Å². The molecular weight excluding hydrogens is 164 g/mol. The van der Waals surface area contributed by atoms with Gasteiger partial charge < -0.3 is 9.84 Å². The van der Waals surface area contributed by atoms with Crippen LogP contribution in [-0.4, -0.2) is 11.7 Å². The van der Waals surface area contributed by atoms with Crippen molar-refractivity contribution in [3.05, 3.63) is 29.3 Å². The Morgan fingerprint density at radius 3 is 3.08 bits per heavy atom. The Hall–Kier alpha value is -1.02. The molecule has 0 unspecified atom stereocenters. The minimum Gasteiger partial charge on any atom is -0.493 e. The van der Waals surface area contributed by atoms with Gasteiger partial charge in [-0.05, 0) is 36.5 Å². The molecule has 2 rings (SSSR count). The molecule has 0 aliphatic carbocycles. The molecule has 0 fully saturated rings. The number of hydrogen-bond donors (Lipinski definition) is 1. The van der Waals surface area contributed by atoms with Crippen LogP contribution < -0.4 is 4.74 Å². The zero-order valence-corrected chi connectivity index (χ0v) is 7.62. The second-order valence-corrected chi connectivity index (χ2v) is 3.36. The highest BCUT2D eigenvalue weighted by molar-refractivity contribution is 5.40. The van der Waals surface area contributed by atoms with Crippen molar-refractivity contribution in [3.63, 3.8) is 0 Å². The Morgan fingerprint density at radius 1 is 1.31 bits per heavy atom. The van der Waals surface area contributed by atoms with E-state index in [0.717, 1.165) is 37.2 Å². The molecule has 1 aliphatic heterocycles. The van der Waals surface area contributed by atoms with E-state index in [1.807, 2.05) is 18.2 Å². The Kier molecular flexibility index (Phi) is 2.50. The lowest BCUT2D eigenvalue weighted by atomic mass is 10.0. The monoisotopic (exact) mass is 178 g/mol. The minimum atomic E-state index is 0.118.